The van der Waals surface area contributed by atoms with Gasteiger partial charge in [-0.15, -0.1) is 0 Å². The Balaban J connectivity index is 2.21. The Labute approximate surface area is 111 Å². The highest BCUT2D eigenvalue weighted by atomic mass is 35.5. The standard InChI is InChI=1S/C15H24ClN/c1-12(2)6-4-7-13(3)17-11-14-8-5-9-15(16)10-14/h5,8-10,12-13,17H,4,6-7,11H2,1-3H3. The molecule has 0 aliphatic heterocycles. The first kappa shape index (κ1) is 14.5. The highest BCUT2D eigenvalue weighted by molar-refractivity contribution is 6.30. The SMILES string of the molecule is CC(C)CCCC(C)NCc1cccc(Cl)c1. The average molecular weight is 254 g/mol. The second-order valence-electron chi connectivity index (χ2n) is 5.24. The molecule has 0 bridgehead atoms. The quantitative estimate of drug-likeness (QED) is 0.746. The lowest BCUT2D eigenvalue weighted by atomic mass is 10.0. The molecule has 0 aliphatic carbocycles. The van der Waals surface area contributed by atoms with Crippen LogP contribution in [0.1, 0.15) is 45.6 Å². The molecule has 0 heterocycles. The zero-order valence-electron chi connectivity index (χ0n) is 11.2. The number of hydrogen-bond acceptors (Lipinski definition) is 1. The molecule has 0 saturated heterocycles. The first-order valence-corrected chi connectivity index (χ1v) is 6.93. The van der Waals surface area contributed by atoms with E-state index in [0.29, 0.717) is 6.04 Å². The van der Waals surface area contributed by atoms with E-state index in [9.17, 15) is 0 Å². The summed E-state index contributed by atoms with van der Waals surface area (Å²) in [5.41, 5.74) is 1.26. The molecule has 1 rings (SSSR count). The number of rotatable bonds is 7. The van der Waals surface area contributed by atoms with Crippen LogP contribution in [0, 0.1) is 5.92 Å². The molecule has 1 aromatic rings. The van der Waals surface area contributed by atoms with E-state index in [4.69, 9.17) is 11.6 Å². The highest BCUT2D eigenvalue weighted by Crippen LogP contribution is 2.12. The van der Waals surface area contributed by atoms with Gasteiger partial charge in [0.05, 0.1) is 0 Å². The van der Waals surface area contributed by atoms with Crippen LogP contribution in [-0.2, 0) is 6.54 Å². The van der Waals surface area contributed by atoms with Gasteiger partial charge in [0.25, 0.3) is 0 Å². The van der Waals surface area contributed by atoms with Crippen molar-refractivity contribution in [2.45, 2.75) is 52.6 Å². The normalized spacial score (nSPS) is 13.0. The molecule has 17 heavy (non-hydrogen) atoms. The number of halogens is 1. The molecule has 2 heteroatoms. The van der Waals surface area contributed by atoms with Gasteiger partial charge in [-0.05, 0) is 37.0 Å². The second-order valence-corrected chi connectivity index (χ2v) is 5.67. The van der Waals surface area contributed by atoms with Crippen molar-refractivity contribution in [1.29, 1.82) is 0 Å². The first-order chi connectivity index (χ1) is 8.08. The third-order valence-corrected chi connectivity index (χ3v) is 3.20. The molecular formula is C15H24ClN. The maximum Gasteiger partial charge on any atom is 0.0409 e. The Hall–Kier alpha value is -0.530. The first-order valence-electron chi connectivity index (χ1n) is 6.55. The van der Waals surface area contributed by atoms with Gasteiger partial charge < -0.3 is 5.32 Å². The Morgan fingerprint density at radius 2 is 1.94 bits per heavy atom. The highest BCUT2D eigenvalue weighted by Gasteiger charge is 2.02. The van der Waals surface area contributed by atoms with Gasteiger partial charge >= 0.3 is 0 Å². The van der Waals surface area contributed by atoms with Gasteiger partial charge in [-0.1, -0.05) is 50.4 Å². The average Bonchev–Trinajstić information content (AvgIpc) is 2.26. The van der Waals surface area contributed by atoms with Crippen molar-refractivity contribution in [3.8, 4) is 0 Å². The summed E-state index contributed by atoms with van der Waals surface area (Å²) < 4.78 is 0. The molecule has 0 amide bonds. The van der Waals surface area contributed by atoms with E-state index < -0.39 is 0 Å². The van der Waals surface area contributed by atoms with Gasteiger partial charge in [-0.25, -0.2) is 0 Å². The van der Waals surface area contributed by atoms with E-state index in [1.54, 1.807) is 0 Å². The monoisotopic (exact) mass is 253 g/mol. The molecule has 1 unspecified atom stereocenters. The van der Waals surface area contributed by atoms with E-state index in [-0.39, 0.29) is 0 Å². The van der Waals surface area contributed by atoms with E-state index in [1.807, 2.05) is 18.2 Å². The summed E-state index contributed by atoms with van der Waals surface area (Å²) in [4.78, 5) is 0. The zero-order valence-corrected chi connectivity index (χ0v) is 11.9. The molecule has 1 nitrogen and oxygen atoms in total. The van der Waals surface area contributed by atoms with E-state index in [1.165, 1.54) is 24.8 Å². The van der Waals surface area contributed by atoms with E-state index in [2.05, 4.69) is 32.2 Å². The lowest BCUT2D eigenvalue weighted by molar-refractivity contribution is 0.457. The van der Waals surface area contributed by atoms with Crippen molar-refractivity contribution in [2.24, 2.45) is 5.92 Å². The summed E-state index contributed by atoms with van der Waals surface area (Å²) in [6.07, 6.45) is 3.88. The minimum Gasteiger partial charge on any atom is -0.310 e. The number of hydrogen-bond donors (Lipinski definition) is 1. The summed E-state index contributed by atoms with van der Waals surface area (Å²) in [6, 6.07) is 8.63. The molecule has 0 aliphatic rings. The third-order valence-electron chi connectivity index (χ3n) is 2.96. The minimum atomic E-state index is 0.577. The van der Waals surface area contributed by atoms with Gasteiger partial charge in [-0.2, -0.15) is 0 Å². The Kier molecular flexibility index (Phi) is 6.61. The predicted molar refractivity (Wildman–Crippen MR) is 76.4 cm³/mol. The van der Waals surface area contributed by atoms with Crippen LogP contribution in [0.4, 0.5) is 0 Å². The molecule has 0 radical (unpaired) electrons. The van der Waals surface area contributed by atoms with Crippen molar-refractivity contribution < 1.29 is 0 Å². The Bertz CT molecular complexity index is 322. The maximum absolute atomic E-state index is 5.95. The number of benzene rings is 1. The molecule has 0 aromatic heterocycles. The minimum absolute atomic E-state index is 0.577. The fourth-order valence-electron chi connectivity index (χ4n) is 1.87. The predicted octanol–water partition coefficient (Wildman–Crippen LogP) is 4.64. The molecular weight excluding hydrogens is 230 g/mol. The van der Waals surface area contributed by atoms with Crippen LogP contribution >= 0.6 is 11.6 Å². The van der Waals surface area contributed by atoms with Crippen LogP contribution in [0.5, 0.6) is 0 Å². The zero-order chi connectivity index (χ0) is 12.7. The van der Waals surface area contributed by atoms with Crippen LogP contribution in [0.15, 0.2) is 24.3 Å². The Morgan fingerprint density at radius 3 is 2.59 bits per heavy atom. The van der Waals surface area contributed by atoms with Gasteiger partial charge in [0.15, 0.2) is 0 Å². The maximum atomic E-state index is 5.95. The van der Waals surface area contributed by atoms with Gasteiger partial charge in [0, 0.05) is 17.6 Å². The molecule has 1 atom stereocenters. The van der Waals surface area contributed by atoms with Crippen molar-refractivity contribution in [1.82, 2.24) is 5.32 Å². The topological polar surface area (TPSA) is 12.0 Å². The van der Waals surface area contributed by atoms with Gasteiger partial charge in [0.1, 0.15) is 0 Å². The van der Waals surface area contributed by atoms with Crippen LogP contribution in [0.25, 0.3) is 0 Å². The summed E-state index contributed by atoms with van der Waals surface area (Å²) in [7, 11) is 0. The van der Waals surface area contributed by atoms with Crippen LogP contribution in [-0.4, -0.2) is 6.04 Å². The molecule has 96 valence electrons. The summed E-state index contributed by atoms with van der Waals surface area (Å²) in [5.74, 6) is 0.815. The van der Waals surface area contributed by atoms with E-state index in [0.717, 1.165) is 17.5 Å². The fraction of sp³-hybridized carbons (Fsp3) is 0.600. The third kappa shape index (κ3) is 6.70. The van der Waals surface area contributed by atoms with Gasteiger partial charge in [-0.3, -0.25) is 0 Å². The smallest absolute Gasteiger partial charge is 0.0409 e. The van der Waals surface area contributed by atoms with Crippen LogP contribution < -0.4 is 5.32 Å². The van der Waals surface area contributed by atoms with Crippen molar-refractivity contribution >= 4 is 11.6 Å². The molecule has 0 saturated carbocycles. The van der Waals surface area contributed by atoms with E-state index >= 15 is 0 Å². The lowest BCUT2D eigenvalue weighted by Crippen LogP contribution is -2.25. The largest absolute Gasteiger partial charge is 0.310 e. The van der Waals surface area contributed by atoms with Crippen molar-refractivity contribution in [3.63, 3.8) is 0 Å². The lowest BCUT2D eigenvalue weighted by Gasteiger charge is -2.14. The van der Waals surface area contributed by atoms with Crippen LogP contribution in [0.3, 0.4) is 0 Å². The Morgan fingerprint density at radius 1 is 1.18 bits per heavy atom. The molecule has 1 N–H and O–H groups in total. The molecule has 0 fully saturated rings. The summed E-state index contributed by atoms with van der Waals surface area (Å²) in [5, 5.41) is 4.36. The van der Waals surface area contributed by atoms with Crippen LogP contribution in [0.2, 0.25) is 5.02 Å². The molecule has 0 spiro atoms. The fourth-order valence-corrected chi connectivity index (χ4v) is 2.09. The summed E-state index contributed by atoms with van der Waals surface area (Å²) >= 11 is 5.95. The number of nitrogens with one attached hydrogen (secondary N) is 1. The van der Waals surface area contributed by atoms with Crippen molar-refractivity contribution in [3.05, 3.63) is 34.9 Å². The summed E-state index contributed by atoms with van der Waals surface area (Å²) in [6.45, 7) is 7.72. The second kappa shape index (κ2) is 7.73. The van der Waals surface area contributed by atoms with Gasteiger partial charge in [0.2, 0.25) is 0 Å². The molecule has 1 aromatic carbocycles. The van der Waals surface area contributed by atoms with Crippen molar-refractivity contribution in [2.75, 3.05) is 0 Å².